The largest absolute Gasteiger partial charge is 0.294 e. The van der Waals surface area contributed by atoms with Crippen LogP contribution in [0.1, 0.15) is 21.7 Å². The highest BCUT2D eigenvalue weighted by Crippen LogP contribution is 2.26. The van der Waals surface area contributed by atoms with Crippen molar-refractivity contribution >= 4 is 28.6 Å². The number of pyridine rings is 1. The Labute approximate surface area is 96.5 Å². The molecule has 0 amide bonds. The third-order valence-electron chi connectivity index (χ3n) is 2.46. The molecule has 3 rings (SSSR count). The molecule has 0 spiro atoms. The Morgan fingerprint density at radius 1 is 1.25 bits per heavy atom. The van der Waals surface area contributed by atoms with Crippen molar-refractivity contribution in [2.24, 2.45) is 4.99 Å². The fraction of sp³-hybridized carbons (Fsp3) is 0.0833. The fourth-order valence-electron chi connectivity index (χ4n) is 1.70. The van der Waals surface area contributed by atoms with E-state index in [1.165, 1.54) is 0 Å². The van der Waals surface area contributed by atoms with Crippen LogP contribution in [0.15, 0.2) is 40.8 Å². The number of Topliss-reactive ketones (excluding diaryl/α,β-unsaturated/α-hetero) is 1. The van der Waals surface area contributed by atoms with Gasteiger partial charge in [-0.25, -0.2) is 9.98 Å². The average Bonchev–Trinajstić information content (AvgIpc) is 2.82. The number of hydrogen-bond acceptors (Lipinski definition) is 4. The molecule has 0 fully saturated rings. The van der Waals surface area contributed by atoms with Crippen LogP contribution in [-0.2, 0) is 0 Å². The number of carbonyl (C=O) groups excluding carboxylic acids is 1. The van der Waals surface area contributed by atoms with Gasteiger partial charge in [0.2, 0.25) is 0 Å². The maximum atomic E-state index is 11.9. The van der Waals surface area contributed by atoms with Crippen LogP contribution in [-0.4, -0.2) is 16.5 Å². The zero-order valence-corrected chi connectivity index (χ0v) is 9.20. The summed E-state index contributed by atoms with van der Waals surface area (Å²) in [6.07, 6.45) is 2.03. The Morgan fingerprint density at radius 2 is 2.19 bits per heavy atom. The number of nitrogens with zero attached hydrogens (tertiary/aromatic N) is 2. The summed E-state index contributed by atoms with van der Waals surface area (Å²) >= 11 is 1.60. The zero-order chi connectivity index (χ0) is 11.0. The molecule has 4 heteroatoms. The van der Waals surface area contributed by atoms with Crippen molar-refractivity contribution in [3.63, 3.8) is 0 Å². The molecule has 0 radical (unpaired) electrons. The first-order valence-corrected chi connectivity index (χ1v) is 5.82. The summed E-state index contributed by atoms with van der Waals surface area (Å²) in [6.45, 7) is 0. The summed E-state index contributed by atoms with van der Waals surface area (Å²) in [4.78, 5) is 21.5. The Hall–Kier alpha value is -1.81. The van der Waals surface area contributed by atoms with Crippen molar-refractivity contribution in [3.8, 4) is 0 Å². The van der Waals surface area contributed by atoms with Gasteiger partial charge in [-0.1, -0.05) is 6.07 Å². The number of aliphatic imine (C=N–C) groups is 1. The Morgan fingerprint density at radius 3 is 3.00 bits per heavy atom. The molecule has 2 aromatic rings. The Balaban J connectivity index is 2.13. The smallest absolute Gasteiger partial charge is 0.172 e. The molecule has 3 nitrogen and oxygen atoms in total. The van der Waals surface area contributed by atoms with Gasteiger partial charge in [0.15, 0.2) is 11.6 Å². The van der Waals surface area contributed by atoms with Crippen LogP contribution in [0.25, 0.3) is 0 Å². The van der Waals surface area contributed by atoms with E-state index in [4.69, 9.17) is 0 Å². The van der Waals surface area contributed by atoms with Gasteiger partial charge in [0, 0.05) is 11.1 Å². The SMILES string of the molecule is O=C1CC(c2cccs2)=Nc2ncccc21. The first kappa shape index (κ1) is 9.42. The number of carbonyl (C=O) groups is 1. The van der Waals surface area contributed by atoms with Crippen molar-refractivity contribution in [1.82, 2.24) is 4.98 Å². The van der Waals surface area contributed by atoms with E-state index in [9.17, 15) is 4.79 Å². The molecule has 0 aromatic carbocycles. The number of rotatable bonds is 1. The molecule has 3 heterocycles. The van der Waals surface area contributed by atoms with E-state index in [1.807, 2.05) is 17.5 Å². The van der Waals surface area contributed by atoms with E-state index < -0.39 is 0 Å². The minimum atomic E-state index is 0.0986. The average molecular weight is 228 g/mol. The highest BCUT2D eigenvalue weighted by atomic mass is 32.1. The number of aromatic nitrogens is 1. The molecule has 0 bridgehead atoms. The molecule has 1 aliphatic rings. The van der Waals surface area contributed by atoms with E-state index in [-0.39, 0.29) is 5.78 Å². The third kappa shape index (κ3) is 1.47. The fourth-order valence-corrected chi connectivity index (χ4v) is 2.42. The zero-order valence-electron chi connectivity index (χ0n) is 8.38. The van der Waals surface area contributed by atoms with Gasteiger partial charge in [-0.05, 0) is 23.6 Å². The highest BCUT2D eigenvalue weighted by molar-refractivity contribution is 7.12. The van der Waals surface area contributed by atoms with Crippen molar-refractivity contribution in [1.29, 1.82) is 0 Å². The van der Waals surface area contributed by atoms with Gasteiger partial charge in [0.1, 0.15) is 0 Å². The van der Waals surface area contributed by atoms with E-state index in [0.717, 1.165) is 10.6 Å². The predicted octanol–water partition coefficient (Wildman–Crippen LogP) is 2.85. The second-order valence-electron chi connectivity index (χ2n) is 3.51. The molecule has 78 valence electrons. The molecular weight excluding hydrogens is 220 g/mol. The Bertz CT molecular complexity index is 572. The summed E-state index contributed by atoms with van der Waals surface area (Å²) in [6, 6.07) is 7.48. The first-order valence-electron chi connectivity index (χ1n) is 4.94. The van der Waals surface area contributed by atoms with Crippen molar-refractivity contribution < 1.29 is 4.79 Å². The van der Waals surface area contributed by atoms with Crippen LogP contribution < -0.4 is 0 Å². The number of hydrogen-bond donors (Lipinski definition) is 0. The molecule has 2 aromatic heterocycles. The van der Waals surface area contributed by atoms with E-state index >= 15 is 0 Å². The molecule has 0 saturated heterocycles. The van der Waals surface area contributed by atoms with Gasteiger partial charge in [-0.2, -0.15) is 0 Å². The summed E-state index contributed by atoms with van der Waals surface area (Å²) in [5.74, 6) is 0.642. The lowest BCUT2D eigenvalue weighted by Gasteiger charge is -2.11. The first-order chi connectivity index (χ1) is 7.84. The summed E-state index contributed by atoms with van der Waals surface area (Å²) in [5.41, 5.74) is 1.45. The van der Waals surface area contributed by atoms with Gasteiger partial charge in [0.25, 0.3) is 0 Å². The summed E-state index contributed by atoms with van der Waals surface area (Å²) in [7, 11) is 0. The second kappa shape index (κ2) is 3.64. The van der Waals surface area contributed by atoms with Gasteiger partial charge in [0.05, 0.1) is 17.7 Å². The number of thiophene rings is 1. The minimum absolute atomic E-state index is 0.0986. The maximum absolute atomic E-state index is 11.9. The number of fused-ring (bicyclic) bond motifs is 1. The van der Waals surface area contributed by atoms with E-state index in [1.54, 1.807) is 29.7 Å². The highest BCUT2D eigenvalue weighted by Gasteiger charge is 2.21. The van der Waals surface area contributed by atoms with Crippen LogP contribution >= 0.6 is 11.3 Å². The lowest BCUT2D eigenvalue weighted by atomic mass is 10.0. The van der Waals surface area contributed by atoms with Gasteiger partial charge < -0.3 is 0 Å². The topological polar surface area (TPSA) is 42.3 Å². The monoisotopic (exact) mass is 228 g/mol. The summed E-state index contributed by atoms with van der Waals surface area (Å²) < 4.78 is 0. The molecule has 0 N–H and O–H groups in total. The molecule has 0 aliphatic carbocycles. The third-order valence-corrected chi connectivity index (χ3v) is 3.38. The molecular formula is C12H8N2OS. The van der Waals surface area contributed by atoms with Gasteiger partial charge in [-0.15, -0.1) is 11.3 Å². The minimum Gasteiger partial charge on any atom is -0.294 e. The second-order valence-corrected chi connectivity index (χ2v) is 4.46. The van der Waals surface area contributed by atoms with Crippen molar-refractivity contribution in [3.05, 3.63) is 46.3 Å². The van der Waals surface area contributed by atoms with Crippen LogP contribution in [0.4, 0.5) is 5.82 Å². The van der Waals surface area contributed by atoms with E-state index in [2.05, 4.69) is 9.98 Å². The predicted molar refractivity (Wildman–Crippen MR) is 63.7 cm³/mol. The normalized spacial score (nSPS) is 14.5. The molecule has 0 unspecified atom stereocenters. The summed E-state index contributed by atoms with van der Waals surface area (Å²) in [5, 5.41) is 1.98. The number of ketones is 1. The standard InChI is InChI=1S/C12H8N2OS/c15-10-7-9(11-4-2-6-16-11)14-12-8(10)3-1-5-13-12/h1-6H,7H2. The lowest BCUT2D eigenvalue weighted by Crippen LogP contribution is -2.13. The van der Waals surface area contributed by atoms with Crippen molar-refractivity contribution in [2.45, 2.75) is 6.42 Å². The molecule has 1 aliphatic heterocycles. The molecule has 0 saturated carbocycles. The maximum Gasteiger partial charge on any atom is 0.172 e. The Kier molecular flexibility index (Phi) is 2.15. The van der Waals surface area contributed by atoms with Crippen LogP contribution in [0.2, 0.25) is 0 Å². The quantitative estimate of drug-likeness (QED) is 0.753. The van der Waals surface area contributed by atoms with E-state index in [0.29, 0.717) is 17.8 Å². The van der Waals surface area contributed by atoms with Crippen LogP contribution in [0.5, 0.6) is 0 Å². The van der Waals surface area contributed by atoms with Crippen molar-refractivity contribution in [2.75, 3.05) is 0 Å². The van der Waals surface area contributed by atoms with Gasteiger partial charge in [-0.3, -0.25) is 4.79 Å². The lowest BCUT2D eigenvalue weighted by molar-refractivity contribution is 0.0999. The van der Waals surface area contributed by atoms with Crippen LogP contribution in [0.3, 0.4) is 0 Å². The van der Waals surface area contributed by atoms with Crippen LogP contribution in [0, 0.1) is 0 Å². The molecule has 16 heavy (non-hydrogen) atoms. The van der Waals surface area contributed by atoms with Gasteiger partial charge >= 0.3 is 0 Å². The molecule has 0 atom stereocenters.